The SMILES string of the molecule is O=C(O)CC1CCN(C(=O)C2C3CC4CC(C3)CC2C4)C1. The van der Waals surface area contributed by atoms with Crippen molar-refractivity contribution in [2.45, 2.75) is 44.9 Å². The second kappa shape index (κ2) is 4.99. The van der Waals surface area contributed by atoms with Crippen LogP contribution in [0.2, 0.25) is 0 Å². The van der Waals surface area contributed by atoms with Gasteiger partial charge >= 0.3 is 5.97 Å². The van der Waals surface area contributed by atoms with Crippen molar-refractivity contribution >= 4 is 11.9 Å². The molecule has 5 rings (SSSR count). The third-order valence-corrected chi connectivity index (χ3v) is 6.57. The van der Waals surface area contributed by atoms with Crippen LogP contribution in [0.4, 0.5) is 0 Å². The number of hydrogen-bond acceptors (Lipinski definition) is 2. The van der Waals surface area contributed by atoms with Crippen molar-refractivity contribution in [3.05, 3.63) is 0 Å². The summed E-state index contributed by atoms with van der Waals surface area (Å²) in [6.07, 6.45) is 7.59. The summed E-state index contributed by atoms with van der Waals surface area (Å²) in [5.41, 5.74) is 0. The molecule has 1 heterocycles. The molecule has 4 saturated carbocycles. The number of hydrogen-bond donors (Lipinski definition) is 1. The van der Waals surface area contributed by atoms with E-state index in [1.54, 1.807) is 0 Å². The Labute approximate surface area is 125 Å². The van der Waals surface area contributed by atoms with Crippen LogP contribution < -0.4 is 0 Å². The fourth-order valence-electron chi connectivity index (χ4n) is 5.99. The summed E-state index contributed by atoms with van der Waals surface area (Å²) in [5.74, 6) is 3.12. The molecule has 0 aromatic carbocycles. The number of carbonyl (C=O) groups excluding carboxylic acids is 1. The highest BCUT2D eigenvalue weighted by molar-refractivity contribution is 5.80. The summed E-state index contributed by atoms with van der Waals surface area (Å²) in [4.78, 5) is 25.8. The van der Waals surface area contributed by atoms with E-state index in [4.69, 9.17) is 5.11 Å². The first-order valence-corrected chi connectivity index (χ1v) is 8.60. The lowest BCUT2D eigenvalue weighted by Crippen LogP contribution is -2.51. The first-order valence-electron chi connectivity index (χ1n) is 8.60. The topological polar surface area (TPSA) is 57.6 Å². The minimum absolute atomic E-state index is 0.170. The Morgan fingerprint density at radius 3 is 2.19 bits per heavy atom. The molecule has 0 radical (unpaired) electrons. The van der Waals surface area contributed by atoms with Crippen LogP contribution in [0.15, 0.2) is 0 Å². The maximum absolute atomic E-state index is 12.9. The maximum atomic E-state index is 12.9. The minimum Gasteiger partial charge on any atom is -0.481 e. The molecular formula is C17H25NO3. The van der Waals surface area contributed by atoms with Crippen LogP contribution in [0.5, 0.6) is 0 Å². The third kappa shape index (κ3) is 2.36. The van der Waals surface area contributed by atoms with E-state index in [-0.39, 0.29) is 18.3 Å². The number of amides is 1. The van der Waals surface area contributed by atoms with Crippen molar-refractivity contribution in [1.29, 1.82) is 0 Å². The molecule has 0 aromatic heterocycles. The quantitative estimate of drug-likeness (QED) is 0.868. The summed E-state index contributed by atoms with van der Waals surface area (Å²) in [6, 6.07) is 0. The predicted octanol–water partition coefficient (Wildman–Crippen LogP) is 2.38. The number of carboxylic acid groups (broad SMARTS) is 1. The molecule has 1 saturated heterocycles. The molecule has 1 amide bonds. The molecule has 0 aromatic rings. The van der Waals surface area contributed by atoms with E-state index in [1.807, 2.05) is 4.90 Å². The average Bonchev–Trinajstić information content (AvgIpc) is 2.84. The van der Waals surface area contributed by atoms with Crippen molar-refractivity contribution in [3.8, 4) is 0 Å². The Kier molecular flexibility index (Phi) is 3.23. The number of nitrogens with zero attached hydrogens (tertiary/aromatic N) is 1. The largest absolute Gasteiger partial charge is 0.481 e. The van der Waals surface area contributed by atoms with Gasteiger partial charge in [0.25, 0.3) is 0 Å². The van der Waals surface area contributed by atoms with Crippen molar-refractivity contribution < 1.29 is 14.7 Å². The summed E-state index contributed by atoms with van der Waals surface area (Å²) in [7, 11) is 0. The zero-order valence-corrected chi connectivity index (χ0v) is 12.5. The van der Waals surface area contributed by atoms with Crippen LogP contribution in [0.3, 0.4) is 0 Å². The molecule has 21 heavy (non-hydrogen) atoms. The van der Waals surface area contributed by atoms with Gasteiger partial charge in [0, 0.05) is 25.4 Å². The molecule has 1 aliphatic heterocycles. The van der Waals surface area contributed by atoms with Crippen LogP contribution in [-0.4, -0.2) is 35.0 Å². The highest BCUT2D eigenvalue weighted by Crippen LogP contribution is 2.57. The lowest BCUT2D eigenvalue weighted by atomic mass is 9.51. The van der Waals surface area contributed by atoms with Crippen molar-refractivity contribution in [2.24, 2.45) is 35.5 Å². The Morgan fingerprint density at radius 2 is 1.62 bits per heavy atom. The van der Waals surface area contributed by atoms with E-state index in [9.17, 15) is 9.59 Å². The Morgan fingerprint density at radius 1 is 1.00 bits per heavy atom. The molecule has 4 aliphatic carbocycles. The zero-order valence-electron chi connectivity index (χ0n) is 12.5. The lowest BCUT2D eigenvalue weighted by molar-refractivity contribution is -0.148. The van der Waals surface area contributed by atoms with Crippen molar-refractivity contribution in [3.63, 3.8) is 0 Å². The van der Waals surface area contributed by atoms with E-state index in [2.05, 4.69) is 0 Å². The van der Waals surface area contributed by atoms with Crippen LogP contribution in [-0.2, 0) is 9.59 Å². The van der Waals surface area contributed by atoms with Crippen molar-refractivity contribution in [1.82, 2.24) is 4.90 Å². The van der Waals surface area contributed by atoms with Gasteiger partial charge in [0.05, 0.1) is 0 Å². The van der Waals surface area contributed by atoms with E-state index < -0.39 is 5.97 Å². The first kappa shape index (κ1) is 13.6. The summed E-state index contributed by atoms with van der Waals surface area (Å²) >= 11 is 0. The standard InChI is InChI=1S/C17H25NO3/c19-15(20)8-10-1-2-18(9-10)17(21)16-13-4-11-3-12(6-13)7-14(16)5-11/h10-14,16H,1-9H2,(H,19,20). The number of carbonyl (C=O) groups is 2. The number of rotatable bonds is 3. The molecule has 4 heteroatoms. The number of likely N-dealkylation sites (tertiary alicyclic amines) is 1. The van der Waals surface area contributed by atoms with Gasteiger partial charge in [-0.15, -0.1) is 0 Å². The average molecular weight is 291 g/mol. The Bertz CT molecular complexity index is 433. The first-order chi connectivity index (χ1) is 10.1. The van der Waals surface area contributed by atoms with Gasteiger partial charge in [-0.2, -0.15) is 0 Å². The second-order valence-electron chi connectivity index (χ2n) is 7.99. The molecule has 1 N–H and O–H groups in total. The molecule has 116 valence electrons. The van der Waals surface area contributed by atoms with Gasteiger partial charge < -0.3 is 10.0 Å². The molecular weight excluding hydrogens is 266 g/mol. The Hall–Kier alpha value is -1.06. The Balaban J connectivity index is 1.43. The van der Waals surface area contributed by atoms with Crippen LogP contribution in [0, 0.1) is 35.5 Å². The molecule has 5 fully saturated rings. The normalized spacial score (nSPS) is 44.3. The molecule has 5 aliphatic rings. The number of aliphatic carboxylic acids is 1. The summed E-state index contributed by atoms with van der Waals surface area (Å²) in [6.45, 7) is 1.45. The molecule has 4 nitrogen and oxygen atoms in total. The van der Waals surface area contributed by atoms with Gasteiger partial charge in [-0.1, -0.05) is 0 Å². The van der Waals surface area contributed by atoms with Gasteiger partial charge in [-0.3, -0.25) is 9.59 Å². The fraction of sp³-hybridized carbons (Fsp3) is 0.882. The third-order valence-electron chi connectivity index (χ3n) is 6.57. The van der Waals surface area contributed by atoms with Crippen LogP contribution in [0.1, 0.15) is 44.9 Å². The van der Waals surface area contributed by atoms with E-state index >= 15 is 0 Å². The zero-order chi connectivity index (χ0) is 14.6. The van der Waals surface area contributed by atoms with Gasteiger partial charge in [-0.05, 0) is 68.1 Å². The van der Waals surface area contributed by atoms with E-state index in [0.717, 1.165) is 24.8 Å². The summed E-state index contributed by atoms with van der Waals surface area (Å²) in [5, 5.41) is 8.91. The smallest absolute Gasteiger partial charge is 0.303 e. The molecule has 0 spiro atoms. The van der Waals surface area contributed by atoms with Crippen molar-refractivity contribution in [2.75, 3.05) is 13.1 Å². The number of carboxylic acids is 1. The van der Waals surface area contributed by atoms with Gasteiger partial charge in [0.15, 0.2) is 0 Å². The van der Waals surface area contributed by atoms with Crippen LogP contribution in [0.25, 0.3) is 0 Å². The van der Waals surface area contributed by atoms with E-state index in [1.165, 1.54) is 32.1 Å². The lowest BCUT2D eigenvalue weighted by Gasteiger charge is -2.54. The minimum atomic E-state index is -0.732. The van der Waals surface area contributed by atoms with Gasteiger partial charge in [0.1, 0.15) is 0 Å². The molecule has 1 unspecified atom stereocenters. The molecule has 1 atom stereocenters. The second-order valence-corrected chi connectivity index (χ2v) is 7.99. The highest BCUT2D eigenvalue weighted by atomic mass is 16.4. The maximum Gasteiger partial charge on any atom is 0.303 e. The monoisotopic (exact) mass is 291 g/mol. The predicted molar refractivity (Wildman–Crippen MR) is 77.5 cm³/mol. The fourth-order valence-corrected chi connectivity index (χ4v) is 5.99. The van der Waals surface area contributed by atoms with Gasteiger partial charge in [-0.25, -0.2) is 0 Å². The van der Waals surface area contributed by atoms with E-state index in [0.29, 0.717) is 24.3 Å². The summed E-state index contributed by atoms with van der Waals surface area (Å²) < 4.78 is 0. The van der Waals surface area contributed by atoms with Crippen LogP contribution >= 0.6 is 0 Å². The molecule has 4 bridgehead atoms. The highest BCUT2D eigenvalue weighted by Gasteiger charge is 2.51. The van der Waals surface area contributed by atoms with Gasteiger partial charge in [0.2, 0.25) is 5.91 Å².